The van der Waals surface area contributed by atoms with Crippen LogP contribution in [0.4, 0.5) is 4.39 Å². The van der Waals surface area contributed by atoms with Crippen LogP contribution in [0, 0.1) is 17.1 Å². The van der Waals surface area contributed by atoms with E-state index in [1.54, 1.807) is 25.1 Å². The van der Waals surface area contributed by atoms with Gasteiger partial charge in [-0.2, -0.15) is 5.26 Å². The van der Waals surface area contributed by atoms with E-state index in [0.717, 1.165) is 0 Å². The standard InChI is InChI=1S/C15H13FN2O2/c1-10(19)11-4-5-15(13(16)7-11)20-9-12-3-2-6-18-14(12)8-17/h2-7,10,19H,9H2,1H3. The molecule has 1 aromatic carbocycles. The lowest BCUT2D eigenvalue weighted by Gasteiger charge is -2.10. The number of aliphatic hydroxyl groups excluding tert-OH is 1. The maximum Gasteiger partial charge on any atom is 0.165 e. The predicted molar refractivity (Wildman–Crippen MR) is 70.3 cm³/mol. The van der Waals surface area contributed by atoms with E-state index in [1.165, 1.54) is 18.3 Å². The Morgan fingerprint density at radius 3 is 2.90 bits per heavy atom. The summed E-state index contributed by atoms with van der Waals surface area (Å²) in [6.07, 6.45) is 0.780. The van der Waals surface area contributed by atoms with Crippen LogP contribution < -0.4 is 4.74 Å². The lowest BCUT2D eigenvalue weighted by Crippen LogP contribution is -2.02. The number of nitrogens with zero attached hydrogens (tertiary/aromatic N) is 2. The minimum absolute atomic E-state index is 0.0572. The van der Waals surface area contributed by atoms with E-state index in [1.807, 2.05) is 6.07 Å². The summed E-state index contributed by atoms with van der Waals surface area (Å²) in [7, 11) is 0. The molecule has 1 N–H and O–H groups in total. The van der Waals surface area contributed by atoms with Gasteiger partial charge in [-0.15, -0.1) is 0 Å². The van der Waals surface area contributed by atoms with Crippen molar-refractivity contribution >= 4 is 0 Å². The summed E-state index contributed by atoms with van der Waals surface area (Å²) < 4.78 is 19.1. The van der Waals surface area contributed by atoms with Crippen molar-refractivity contribution in [2.75, 3.05) is 0 Å². The molecule has 20 heavy (non-hydrogen) atoms. The molecular weight excluding hydrogens is 259 g/mol. The van der Waals surface area contributed by atoms with Crippen molar-refractivity contribution in [1.29, 1.82) is 5.26 Å². The minimum Gasteiger partial charge on any atom is -0.486 e. The van der Waals surface area contributed by atoms with Gasteiger partial charge >= 0.3 is 0 Å². The van der Waals surface area contributed by atoms with Crippen LogP contribution in [0.2, 0.25) is 0 Å². The van der Waals surface area contributed by atoms with Gasteiger partial charge in [-0.05, 0) is 30.7 Å². The van der Waals surface area contributed by atoms with Crippen LogP contribution in [0.5, 0.6) is 5.75 Å². The van der Waals surface area contributed by atoms with E-state index in [4.69, 9.17) is 10.00 Å². The number of nitriles is 1. The van der Waals surface area contributed by atoms with E-state index in [-0.39, 0.29) is 18.1 Å². The maximum absolute atomic E-state index is 13.8. The first-order valence-electron chi connectivity index (χ1n) is 6.06. The van der Waals surface area contributed by atoms with Gasteiger partial charge in [-0.25, -0.2) is 9.37 Å². The van der Waals surface area contributed by atoms with E-state index < -0.39 is 11.9 Å². The van der Waals surface area contributed by atoms with Crippen LogP contribution in [0.1, 0.15) is 29.8 Å². The molecule has 0 saturated carbocycles. The molecule has 0 bridgehead atoms. The Bertz CT molecular complexity index is 651. The Morgan fingerprint density at radius 1 is 1.45 bits per heavy atom. The summed E-state index contributed by atoms with van der Waals surface area (Å²) >= 11 is 0. The largest absolute Gasteiger partial charge is 0.486 e. The molecule has 1 unspecified atom stereocenters. The number of hydrogen-bond acceptors (Lipinski definition) is 4. The fraction of sp³-hybridized carbons (Fsp3) is 0.200. The first kappa shape index (κ1) is 14.0. The SMILES string of the molecule is CC(O)c1ccc(OCc2cccnc2C#N)c(F)c1. The fourth-order valence-corrected chi connectivity index (χ4v) is 1.71. The van der Waals surface area contributed by atoms with Crippen LogP contribution in [0.15, 0.2) is 36.5 Å². The number of pyridine rings is 1. The van der Waals surface area contributed by atoms with E-state index in [9.17, 15) is 9.50 Å². The molecule has 2 rings (SSSR count). The number of ether oxygens (including phenoxy) is 1. The molecule has 2 aromatic rings. The Morgan fingerprint density at radius 2 is 2.25 bits per heavy atom. The third-order valence-electron chi connectivity index (χ3n) is 2.82. The van der Waals surface area contributed by atoms with E-state index in [2.05, 4.69) is 4.98 Å². The highest BCUT2D eigenvalue weighted by atomic mass is 19.1. The lowest BCUT2D eigenvalue weighted by molar-refractivity contribution is 0.198. The van der Waals surface area contributed by atoms with Crippen molar-refractivity contribution in [2.24, 2.45) is 0 Å². The van der Waals surface area contributed by atoms with Gasteiger partial charge in [-0.1, -0.05) is 12.1 Å². The highest BCUT2D eigenvalue weighted by Crippen LogP contribution is 2.23. The summed E-state index contributed by atoms with van der Waals surface area (Å²) in [4.78, 5) is 3.90. The summed E-state index contributed by atoms with van der Waals surface area (Å²) in [6.45, 7) is 1.62. The van der Waals surface area contributed by atoms with Gasteiger partial charge in [-0.3, -0.25) is 0 Å². The van der Waals surface area contributed by atoms with E-state index in [0.29, 0.717) is 11.1 Å². The number of aliphatic hydroxyl groups is 1. The van der Waals surface area contributed by atoms with Gasteiger partial charge in [0.1, 0.15) is 18.4 Å². The zero-order valence-corrected chi connectivity index (χ0v) is 10.9. The Hall–Kier alpha value is -2.45. The molecule has 0 aliphatic heterocycles. The number of aromatic nitrogens is 1. The zero-order chi connectivity index (χ0) is 14.5. The van der Waals surface area contributed by atoms with Crippen molar-refractivity contribution in [3.8, 4) is 11.8 Å². The predicted octanol–water partition coefficient (Wildman–Crippen LogP) is 2.72. The zero-order valence-electron chi connectivity index (χ0n) is 10.9. The normalized spacial score (nSPS) is 11.7. The molecule has 0 aliphatic carbocycles. The topological polar surface area (TPSA) is 66.1 Å². The van der Waals surface area contributed by atoms with Crippen LogP contribution in [-0.2, 0) is 6.61 Å². The Kier molecular flexibility index (Phi) is 4.28. The molecule has 0 fully saturated rings. The van der Waals surface area contributed by atoms with Gasteiger partial charge in [0.2, 0.25) is 0 Å². The second kappa shape index (κ2) is 6.13. The number of benzene rings is 1. The minimum atomic E-state index is -0.734. The summed E-state index contributed by atoms with van der Waals surface area (Å²) in [5.41, 5.74) is 1.33. The highest BCUT2D eigenvalue weighted by molar-refractivity contribution is 5.33. The van der Waals surface area contributed by atoms with Gasteiger partial charge in [0.15, 0.2) is 11.6 Å². The average Bonchev–Trinajstić information content (AvgIpc) is 2.46. The fourth-order valence-electron chi connectivity index (χ4n) is 1.71. The van der Waals surface area contributed by atoms with Crippen molar-refractivity contribution in [2.45, 2.75) is 19.6 Å². The first-order valence-corrected chi connectivity index (χ1v) is 6.06. The smallest absolute Gasteiger partial charge is 0.165 e. The summed E-state index contributed by atoms with van der Waals surface area (Å²) in [5.74, 6) is -0.479. The second-order valence-corrected chi connectivity index (χ2v) is 4.28. The first-order chi connectivity index (χ1) is 9.61. The second-order valence-electron chi connectivity index (χ2n) is 4.28. The third kappa shape index (κ3) is 3.11. The number of hydrogen-bond donors (Lipinski definition) is 1. The molecule has 0 radical (unpaired) electrons. The molecule has 1 heterocycles. The molecule has 102 valence electrons. The van der Waals surface area contributed by atoms with Gasteiger partial charge in [0.25, 0.3) is 0 Å². The summed E-state index contributed by atoms with van der Waals surface area (Å²) in [5, 5.41) is 18.3. The monoisotopic (exact) mass is 272 g/mol. The molecule has 5 heteroatoms. The van der Waals surface area contributed by atoms with Crippen LogP contribution in [0.25, 0.3) is 0 Å². The van der Waals surface area contributed by atoms with Gasteiger partial charge < -0.3 is 9.84 Å². The molecule has 0 saturated heterocycles. The van der Waals surface area contributed by atoms with Crippen LogP contribution in [0.3, 0.4) is 0 Å². The van der Waals surface area contributed by atoms with Gasteiger partial charge in [0.05, 0.1) is 6.10 Å². The highest BCUT2D eigenvalue weighted by Gasteiger charge is 2.09. The molecule has 0 aliphatic rings. The molecule has 4 nitrogen and oxygen atoms in total. The van der Waals surface area contributed by atoms with Crippen molar-refractivity contribution in [3.05, 3.63) is 59.2 Å². The Balaban J connectivity index is 2.14. The number of rotatable bonds is 4. The van der Waals surface area contributed by atoms with Crippen molar-refractivity contribution < 1.29 is 14.2 Å². The van der Waals surface area contributed by atoms with Crippen LogP contribution in [-0.4, -0.2) is 10.1 Å². The van der Waals surface area contributed by atoms with Crippen molar-refractivity contribution in [3.63, 3.8) is 0 Å². The molecule has 0 spiro atoms. The quantitative estimate of drug-likeness (QED) is 0.929. The van der Waals surface area contributed by atoms with Crippen molar-refractivity contribution in [1.82, 2.24) is 4.98 Å². The average molecular weight is 272 g/mol. The summed E-state index contributed by atoms with van der Waals surface area (Å²) in [6, 6.07) is 9.63. The maximum atomic E-state index is 13.8. The molecule has 1 aromatic heterocycles. The van der Waals surface area contributed by atoms with Crippen LogP contribution >= 0.6 is 0 Å². The molecule has 0 amide bonds. The Labute approximate surface area is 116 Å². The third-order valence-corrected chi connectivity index (χ3v) is 2.82. The number of halogens is 1. The lowest BCUT2D eigenvalue weighted by atomic mass is 10.1. The van der Waals surface area contributed by atoms with E-state index >= 15 is 0 Å². The molecular formula is C15H13FN2O2. The van der Waals surface area contributed by atoms with Gasteiger partial charge in [0, 0.05) is 11.8 Å². The molecule has 1 atom stereocenters.